The van der Waals surface area contributed by atoms with E-state index in [1.165, 1.54) is 0 Å². The van der Waals surface area contributed by atoms with Crippen LogP contribution in [0.3, 0.4) is 0 Å². The lowest BCUT2D eigenvalue weighted by Crippen LogP contribution is -2.41. The first-order valence-corrected chi connectivity index (χ1v) is 6.56. The summed E-state index contributed by atoms with van der Waals surface area (Å²) in [5.41, 5.74) is -2.37. The predicted octanol–water partition coefficient (Wildman–Crippen LogP) is 0.281. The second-order valence-corrected chi connectivity index (χ2v) is 4.26. The molecule has 0 fully saturated rings. The Balaban J connectivity index is 3.22. The van der Waals surface area contributed by atoms with Gasteiger partial charge in [0.2, 0.25) is 0 Å². The van der Waals surface area contributed by atoms with Crippen molar-refractivity contribution >= 4 is 11.7 Å². The number of rotatable bonds is 7. The zero-order valence-electron chi connectivity index (χ0n) is 11.9. The van der Waals surface area contributed by atoms with E-state index in [0.29, 0.717) is 11.0 Å². The van der Waals surface area contributed by atoms with Crippen LogP contribution in [0.15, 0.2) is 15.8 Å². The summed E-state index contributed by atoms with van der Waals surface area (Å²) in [6.45, 7) is 3.61. The van der Waals surface area contributed by atoms with Crippen molar-refractivity contribution in [1.82, 2.24) is 9.13 Å². The van der Waals surface area contributed by atoms with Gasteiger partial charge in [-0.05, 0) is 13.3 Å². The summed E-state index contributed by atoms with van der Waals surface area (Å²) in [5.74, 6) is -0.572. The number of esters is 1. The number of carbonyl (C=O) groups excluding carboxylic acids is 1. The smallest absolute Gasteiger partial charge is 0.350 e. The third-order valence-corrected chi connectivity index (χ3v) is 2.73. The van der Waals surface area contributed by atoms with Crippen molar-refractivity contribution < 1.29 is 14.5 Å². The molecular formula is C12H17N3O6. The summed E-state index contributed by atoms with van der Waals surface area (Å²) < 4.78 is 6.50. The van der Waals surface area contributed by atoms with Crippen molar-refractivity contribution in [3.05, 3.63) is 37.1 Å². The highest BCUT2D eigenvalue weighted by atomic mass is 16.6. The number of aryl methyl sites for hydroxylation is 1. The highest BCUT2D eigenvalue weighted by molar-refractivity contribution is 5.69. The van der Waals surface area contributed by atoms with Crippen molar-refractivity contribution in [2.45, 2.75) is 39.8 Å². The van der Waals surface area contributed by atoms with E-state index in [4.69, 9.17) is 4.74 Å². The SMILES string of the molecule is CCCn1cc([N+](=O)[O-])c(=O)n(CCC(=O)OCC)c1=O. The molecule has 0 amide bonds. The third kappa shape index (κ3) is 4.01. The number of ether oxygens (including phenoxy) is 1. The molecule has 116 valence electrons. The maximum atomic E-state index is 12.1. The lowest BCUT2D eigenvalue weighted by atomic mass is 10.4. The van der Waals surface area contributed by atoms with Gasteiger partial charge in [0.1, 0.15) is 0 Å². The van der Waals surface area contributed by atoms with Gasteiger partial charge in [-0.2, -0.15) is 0 Å². The summed E-state index contributed by atoms with van der Waals surface area (Å²) in [4.78, 5) is 45.3. The number of carbonyl (C=O) groups is 1. The Hall–Kier alpha value is -2.45. The van der Waals surface area contributed by atoms with E-state index in [-0.39, 0.29) is 26.1 Å². The minimum Gasteiger partial charge on any atom is -0.466 e. The summed E-state index contributed by atoms with van der Waals surface area (Å²) in [5, 5.41) is 10.9. The zero-order valence-corrected chi connectivity index (χ0v) is 11.9. The fourth-order valence-corrected chi connectivity index (χ4v) is 1.80. The standard InChI is InChI=1S/C12H17N3O6/c1-3-6-13-8-9(15(19)20)11(17)14(12(13)18)7-5-10(16)21-4-2/h8H,3-7H2,1-2H3. The van der Waals surface area contributed by atoms with E-state index in [1.807, 2.05) is 0 Å². The highest BCUT2D eigenvalue weighted by Crippen LogP contribution is 2.02. The average molecular weight is 299 g/mol. The fourth-order valence-electron chi connectivity index (χ4n) is 1.80. The van der Waals surface area contributed by atoms with E-state index in [2.05, 4.69) is 0 Å². The molecule has 0 unspecified atom stereocenters. The van der Waals surface area contributed by atoms with Crippen LogP contribution in [-0.4, -0.2) is 26.6 Å². The van der Waals surface area contributed by atoms with Gasteiger partial charge in [0.15, 0.2) is 0 Å². The number of nitrogens with zero attached hydrogens (tertiary/aromatic N) is 3. The van der Waals surface area contributed by atoms with Crippen LogP contribution in [0.4, 0.5) is 5.69 Å². The molecule has 0 atom stereocenters. The normalized spacial score (nSPS) is 10.4. The monoisotopic (exact) mass is 299 g/mol. The molecule has 1 aromatic rings. The van der Waals surface area contributed by atoms with Gasteiger partial charge in [-0.15, -0.1) is 0 Å². The maximum absolute atomic E-state index is 12.1. The van der Waals surface area contributed by atoms with E-state index in [1.54, 1.807) is 13.8 Å². The molecule has 9 heteroatoms. The molecule has 0 aromatic carbocycles. The first kappa shape index (κ1) is 16.6. The molecule has 9 nitrogen and oxygen atoms in total. The van der Waals surface area contributed by atoms with Gasteiger partial charge in [-0.25, -0.2) is 4.79 Å². The van der Waals surface area contributed by atoms with Crippen molar-refractivity contribution in [3.63, 3.8) is 0 Å². The second kappa shape index (κ2) is 7.36. The van der Waals surface area contributed by atoms with E-state index < -0.39 is 27.8 Å². The van der Waals surface area contributed by atoms with Gasteiger partial charge in [0.05, 0.1) is 24.1 Å². The molecule has 1 rings (SSSR count). The van der Waals surface area contributed by atoms with Gasteiger partial charge >= 0.3 is 22.9 Å². The Morgan fingerprint density at radius 1 is 1.33 bits per heavy atom. The third-order valence-electron chi connectivity index (χ3n) is 2.73. The summed E-state index contributed by atoms with van der Waals surface area (Å²) in [6, 6.07) is 0. The molecule has 0 saturated heterocycles. The Bertz CT molecular complexity index is 645. The first-order valence-electron chi connectivity index (χ1n) is 6.56. The average Bonchev–Trinajstić information content (AvgIpc) is 2.41. The van der Waals surface area contributed by atoms with Crippen LogP contribution in [0.5, 0.6) is 0 Å². The van der Waals surface area contributed by atoms with Crippen LogP contribution in [0.1, 0.15) is 26.7 Å². The van der Waals surface area contributed by atoms with Crippen molar-refractivity contribution in [1.29, 1.82) is 0 Å². The first-order chi connectivity index (χ1) is 9.92. The molecule has 1 heterocycles. The number of aromatic nitrogens is 2. The Morgan fingerprint density at radius 3 is 2.52 bits per heavy atom. The van der Waals surface area contributed by atoms with Crippen LogP contribution in [0, 0.1) is 10.1 Å². The largest absolute Gasteiger partial charge is 0.466 e. The van der Waals surface area contributed by atoms with Gasteiger partial charge < -0.3 is 4.74 Å². The van der Waals surface area contributed by atoms with E-state index in [9.17, 15) is 24.5 Å². The molecule has 0 aliphatic rings. The molecule has 0 bridgehead atoms. The van der Waals surface area contributed by atoms with E-state index >= 15 is 0 Å². The zero-order chi connectivity index (χ0) is 16.0. The molecule has 0 aliphatic carbocycles. The van der Waals surface area contributed by atoms with Crippen LogP contribution in [-0.2, 0) is 22.6 Å². The van der Waals surface area contributed by atoms with Gasteiger partial charge in [-0.1, -0.05) is 6.92 Å². The molecule has 0 spiro atoms. The van der Waals surface area contributed by atoms with Crippen molar-refractivity contribution in [2.24, 2.45) is 0 Å². The number of hydrogen-bond acceptors (Lipinski definition) is 6. The Kier molecular flexibility index (Phi) is 5.82. The van der Waals surface area contributed by atoms with Crippen molar-refractivity contribution in [2.75, 3.05) is 6.61 Å². The summed E-state index contributed by atoms with van der Waals surface area (Å²) in [7, 11) is 0. The van der Waals surface area contributed by atoms with Gasteiger partial charge in [0, 0.05) is 13.1 Å². The highest BCUT2D eigenvalue weighted by Gasteiger charge is 2.20. The van der Waals surface area contributed by atoms with Crippen LogP contribution in [0.2, 0.25) is 0 Å². The minimum atomic E-state index is -1.01. The lowest BCUT2D eigenvalue weighted by Gasteiger charge is -2.09. The van der Waals surface area contributed by atoms with Crippen LogP contribution >= 0.6 is 0 Å². The van der Waals surface area contributed by atoms with Crippen LogP contribution in [0.25, 0.3) is 0 Å². The van der Waals surface area contributed by atoms with Crippen molar-refractivity contribution in [3.8, 4) is 0 Å². The molecule has 0 N–H and O–H groups in total. The van der Waals surface area contributed by atoms with Crippen LogP contribution < -0.4 is 11.2 Å². The predicted molar refractivity (Wildman–Crippen MR) is 73.2 cm³/mol. The Morgan fingerprint density at radius 2 is 2.00 bits per heavy atom. The number of nitro groups is 1. The van der Waals surface area contributed by atoms with E-state index in [0.717, 1.165) is 10.8 Å². The van der Waals surface area contributed by atoms with Gasteiger partial charge in [0.25, 0.3) is 0 Å². The quantitative estimate of drug-likeness (QED) is 0.406. The molecule has 21 heavy (non-hydrogen) atoms. The maximum Gasteiger partial charge on any atom is 0.350 e. The number of hydrogen-bond donors (Lipinski definition) is 0. The molecular weight excluding hydrogens is 282 g/mol. The molecule has 0 radical (unpaired) electrons. The second-order valence-electron chi connectivity index (χ2n) is 4.26. The lowest BCUT2D eigenvalue weighted by molar-refractivity contribution is -0.387. The van der Waals surface area contributed by atoms with Gasteiger partial charge in [-0.3, -0.25) is 28.8 Å². The molecule has 0 aliphatic heterocycles. The Labute approximate surface area is 119 Å². The topological polar surface area (TPSA) is 113 Å². The molecule has 0 saturated carbocycles. The summed E-state index contributed by atoms with van der Waals surface area (Å²) in [6.07, 6.45) is 1.32. The fraction of sp³-hybridized carbons (Fsp3) is 0.583. The summed E-state index contributed by atoms with van der Waals surface area (Å²) >= 11 is 0. The minimum absolute atomic E-state index is 0.183. The molecule has 1 aromatic heterocycles.